The van der Waals surface area contributed by atoms with E-state index in [1.54, 1.807) is 16.5 Å². The van der Waals surface area contributed by atoms with Gasteiger partial charge in [0, 0.05) is 19.3 Å². The SMILES string of the molecule is CCc1nn(C)c(OC)c1CNc1ccc(-n2nc(C)cc2C)nn1. The molecule has 3 aromatic heterocycles. The fraction of sp³-hybridized carbons (Fsp3) is 0.412. The average Bonchev–Trinajstić information content (AvgIpc) is 3.11. The van der Waals surface area contributed by atoms with E-state index in [0.717, 1.165) is 34.9 Å². The number of methoxy groups -OCH3 is 1. The van der Waals surface area contributed by atoms with Gasteiger partial charge in [-0.3, -0.25) is 0 Å². The normalized spacial score (nSPS) is 10.9. The molecular weight excluding hydrogens is 318 g/mol. The van der Waals surface area contributed by atoms with Gasteiger partial charge in [0.25, 0.3) is 0 Å². The predicted molar refractivity (Wildman–Crippen MR) is 95.1 cm³/mol. The second-order valence-corrected chi connectivity index (χ2v) is 5.88. The van der Waals surface area contributed by atoms with Crippen LogP contribution in [-0.2, 0) is 20.0 Å². The van der Waals surface area contributed by atoms with Crippen LogP contribution in [0.3, 0.4) is 0 Å². The van der Waals surface area contributed by atoms with Crippen LogP contribution in [0.15, 0.2) is 18.2 Å². The Morgan fingerprint density at radius 1 is 1.16 bits per heavy atom. The van der Waals surface area contributed by atoms with Crippen molar-refractivity contribution in [2.45, 2.75) is 33.7 Å². The molecule has 0 aliphatic heterocycles. The summed E-state index contributed by atoms with van der Waals surface area (Å²) in [4.78, 5) is 0. The van der Waals surface area contributed by atoms with Crippen LogP contribution >= 0.6 is 0 Å². The quantitative estimate of drug-likeness (QED) is 0.740. The molecule has 0 aliphatic carbocycles. The summed E-state index contributed by atoms with van der Waals surface area (Å²) in [6.45, 7) is 6.61. The third-order valence-electron chi connectivity index (χ3n) is 4.02. The van der Waals surface area contributed by atoms with Gasteiger partial charge in [0.1, 0.15) is 5.82 Å². The van der Waals surface area contributed by atoms with Crippen LogP contribution in [0.1, 0.15) is 29.6 Å². The van der Waals surface area contributed by atoms with Crippen LogP contribution < -0.4 is 10.1 Å². The van der Waals surface area contributed by atoms with E-state index in [-0.39, 0.29) is 0 Å². The molecule has 0 atom stereocenters. The highest BCUT2D eigenvalue weighted by Crippen LogP contribution is 2.23. The maximum atomic E-state index is 5.45. The predicted octanol–water partition coefficient (Wildman–Crippen LogP) is 2.20. The molecule has 1 N–H and O–H groups in total. The summed E-state index contributed by atoms with van der Waals surface area (Å²) in [5.41, 5.74) is 4.04. The lowest BCUT2D eigenvalue weighted by molar-refractivity contribution is 0.369. The van der Waals surface area contributed by atoms with Crippen molar-refractivity contribution >= 4 is 5.82 Å². The molecule has 0 radical (unpaired) electrons. The summed E-state index contributed by atoms with van der Waals surface area (Å²) in [5, 5.41) is 20.7. The van der Waals surface area contributed by atoms with Crippen molar-refractivity contribution in [3.63, 3.8) is 0 Å². The van der Waals surface area contributed by atoms with Crippen molar-refractivity contribution < 1.29 is 4.74 Å². The molecule has 0 spiro atoms. The lowest BCUT2D eigenvalue weighted by Gasteiger charge is -2.08. The number of hydrogen-bond acceptors (Lipinski definition) is 6. The summed E-state index contributed by atoms with van der Waals surface area (Å²) in [6.07, 6.45) is 0.844. The summed E-state index contributed by atoms with van der Waals surface area (Å²) in [5.74, 6) is 2.15. The monoisotopic (exact) mass is 341 g/mol. The summed E-state index contributed by atoms with van der Waals surface area (Å²) in [6, 6.07) is 5.80. The summed E-state index contributed by atoms with van der Waals surface area (Å²) >= 11 is 0. The molecule has 0 saturated carbocycles. The largest absolute Gasteiger partial charge is 0.481 e. The maximum absolute atomic E-state index is 5.45. The van der Waals surface area contributed by atoms with Gasteiger partial charge in [-0.25, -0.2) is 9.36 Å². The van der Waals surface area contributed by atoms with Crippen LogP contribution in [0.5, 0.6) is 5.88 Å². The second kappa shape index (κ2) is 6.92. The molecule has 132 valence electrons. The van der Waals surface area contributed by atoms with E-state index in [9.17, 15) is 0 Å². The first-order valence-electron chi connectivity index (χ1n) is 8.23. The van der Waals surface area contributed by atoms with E-state index in [0.29, 0.717) is 18.2 Å². The zero-order valence-corrected chi connectivity index (χ0v) is 15.2. The van der Waals surface area contributed by atoms with Crippen molar-refractivity contribution in [3.8, 4) is 11.7 Å². The lowest BCUT2D eigenvalue weighted by Crippen LogP contribution is -2.08. The number of ether oxygens (including phenoxy) is 1. The van der Waals surface area contributed by atoms with Crippen molar-refractivity contribution in [1.29, 1.82) is 0 Å². The lowest BCUT2D eigenvalue weighted by atomic mass is 10.2. The number of aromatic nitrogens is 6. The Hall–Kier alpha value is -2.90. The number of anilines is 1. The summed E-state index contributed by atoms with van der Waals surface area (Å²) in [7, 11) is 3.54. The van der Waals surface area contributed by atoms with Gasteiger partial charge in [0.2, 0.25) is 5.88 Å². The van der Waals surface area contributed by atoms with E-state index in [4.69, 9.17) is 4.74 Å². The van der Waals surface area contributed by atoms with Crippen molar-refractivity contribution in [1.82, 2.24) is 29.8 Å². The first-order chi connectivity index (χ1) is 12.0. The highest BCUT2D eigenvalue weighted by Gasteiger charge is 2.15. The van der Waals surface area contributed by atoms with E-state index in [1.807, 2.05) is 39.1 Å². The molecule has 3 rings (SSSR count). The fourth-order valence-electron chi connectivity index (χ4n) is 2.89. The number of hydrogen-bond donors (Lipinski definition) is 1. The molecular formula is C17H23N7O. The fourth-order valence-corrected chi connectivity index (χ4v) is 2.89. The first kappa shape index (κ1) is 16.9. The average molecular weight is 341 g/mol. The second-order valence-electron chi connectivity index (χ2n) is 5.88. The van der Waals surface area contributed by atoms with Gasteiger partial charge in [-0.2, -0.15) is 10.2 Å². The Balaban J connectivity index is 1.76. The molecule has 0 fully saturated rings. The number of aryl methyl sites for hydroxylation is 4. The van der Waals surface area contributed by atoms with E-state index < -0.39 is 0 Å². The minimum Gasteiger partial charge on any atom is -0.481 e. The van der Waals surface area contributed by atoms with Crippen molar-refractivity contribution in [2.24, 2.45) is 7.05 Å². The first-order valence-corrected chi connectivity index (χ1v) is 8.23. The Morgan fingerprint density at radius 3 is 2.52 bits per heavy atom. The van der Waals surface area contributed by atoms with Gasteiger partial charge in [-0.1, -0.05) is 6.92 Å². The number of nitrogens with zero attached hydrogens (tertiary/aromatic N) is 6. The highest BCUT2D eigenvalue weighted by atomic mass is 16.5. The molecule has 0 unspecified atom stereocenters. The Morgan fingerprint density at radius 2 is 1.96 bits per heavy atom. The van der Waals surface area contributed by atoms with Crippen LogP contribution in [0.25, 0.3) is 5.82 Å². The molecule has 0 aliphatic rings. The van der Waals surface area contributed by atoms with E-state index >= 15 is 0 Å². The van der Waals surface area contributed by atoms with Gasteiger partial charge in [-0.15, -0.1) is 10.2 Å². The molecule has 8 nitrogen and oxygen atoms in total. The molecule has 0 aromatic carbocycles. The molecule has 3 heterocycles. The third-order valence-corrected chi connectivity index (χ3v) is 4.02. The smallest absolute Gasteiger partial charge is 0.216 e. The Labute approximate surface area is 146 Å². The summed E-state index contributed by atoms with van der Waals surface area (Å²) < 4.78 is 8.99. The molecule has 0 amide bonds. The van der Waals surface area contributed by atoms with Crippen molar-refractivity contribution in [3.05, 3.63) is 40.8 Å². The van der Waals surface area contributed by atoms with Gasteiger partial charge in [-0.05, 0) is 38.5 Å². The maximum Gasteiger partial charge on any atom is 0.216 e. The van der Waals surface area contributed by atoms with Gasteiger partial charge >= 0.3 is 0 Å². The topological polar surface area (TPSA) is 82.7 Å². The molecule has 3 aromatic rings. The number of rotatable bonds is 6. The molecule has 25 heavy (non-hydrogen) atoms. The highest BCUT2D eigenvalue weighted by molar-refractivity contribution is 5.40. The van der Waals surface area contributed by atoms with Crippen LogP contribution in [-0.4, -0.2) is 36.9 Å². The minimum absolute atomic E-state index is 0.577. The van der Waals surface area contributed by atoms with Gasteiger partial charge < -0.3 is 10.1 Å². The van der Waals surface area contributed by atoms with Crippen LogP contribution in [0.2, 0.25) is 0 Å². The zero-order valence-electron chi connectivity index (χ0n) is 15.2. The van der Waals surface area contributed by atoms with E-state index in [2.05, 4.69) is 32.6 Å². The zero-order chi connectivity index (χ0) is 18.0. The standard InChI is InChI=1S/C17H23N7O/c1-6-14-13(17(25-5)23(4)22-14)10-18-15-7-8-16(20-19-15)24-12(3)9-11(2)21-24/h7-9H,6,10H2,1-5H3,(H,18,19). The van der Waals surface area contributed by atoms with Crippen molar-refractivity contribution in [2.75, 3.05) is 12.4 Å². The van der Waals surface area contributed by atoms with Gasteiger partial charge in [0.05, 0.1) is 24.1 Å². The minimum atomic E-state index is 0.577. The van der Waals surface area contributed by atoms with Crippen LogP contribution in [0.4, 0.5) is 5.82 Å². The third kappa shape index (κ3) is 3.33. The molecule has 8 heteroatoms. The Kier molecular flexibility index (Phi) is 4.69. The molecule has 0 saturated heterocycles. The Bertz CT molecular complexity index is 864. The van der Waals surface area contributed by atoms with Crippen LogP contribution in [0, 0.1) is 13.8 Å². The van der Waals surface area contributed by atoms with Gasteiger partial charge in [0.15, 0.2) is 5.82 Å². The van der Waals surface area contributed by atoms with E-state index in [1.165, 1.54) is 0 Å². The number of nitrogens with one attached hydrogen (secondary N) is 1. The molecule has 0 bridgehead atoms.